The van der Waals surface area contributed by atoms with Crippen molar-refractivity contribution < 1.29 is 13.2 Å². The van der Waals surface area contributed by atoms with Crippen molar-refractivity contribution in [3.8, 4) is 0 Å². The molecule has 20 heavy (non-hydrogen) atoms. The van der Waals surface area contributed by atoms with Crippen LogP contribution in [-0.4, -0.2) is 20.5 Å². The van der Waals surface area contributed by atoms with Crippen LogP contribution in [-0.2, 0) is 9.84 Å². The van der Waals surface area contributed by atoms with E-state index in [9.17, 15) is 13.2 Å². The van der Waals surface area contributed by atoms with Gasteiger partial charge in [0, 0.05) is 21.6 Å². The van der Waals surface area contributed by atoms with Crippen LogP contribution in [0.4, 0.5) is 0 Å². The Morgan fingerprint density at radius 2 is 1.35 bits per heavy atom. The average Bonchev–Trinajstić information content (AvgIpc) is 2.39. The smallest absolute Gasteiger partial charge is 0.175 e. The minimum absolute atomic E-state index is 0.0408. The van der Waals surface area contributed by atoms with Crippen molar-refractivity contribution in [3.63, 3.8) is 0 Å². The number of benzene rings is 2. The standard InChI is InChI=1S/C15H14O3S2/c1-11(16)12-3-5-13(6-4-12)19-14-7-9-15(10-8-14)20(2,17)18/h3-10H,1-2H3. The summed E-state index contributed by atoms with van der Waals surface area (Å²) in [4.78, 5) is 13.5. The molecule has 0 bridgehead atoms. The van der Waals surface area contributed by atoms with E-state index in [0.717, 1.165) is 9.79 Å². The van der Waals surface area contributed by atoms with Gasteiger partial charge in [-0.15, -0.1) is 0 Å². The summed E-state index contributed by atoms with van der Waals surface area (Å²) in [7, 11) is -3.15. The Labute approximate surface area is 122 Å². The van der Waals surface area contributed by atoms with E-state index in [1.165, 1.54) is 24.9 Å². The zero-order chi connectivity index (χ0) is 14.8. The first-order valence-electron chi connectivity index (χ1n) is 5.95. The summed E-state index contributed by atoms with van der Waals surface area (Å²) >= 11 is 1.52. The molecular weight excluding hydrogens is 292 g/mol. The molecule has 0 fully saturated rings. The van der Waals surface area contributed by atoms with Crippen LogP contribution in [0.25, 0.3) is 0 Å². The van der Waals surface area contributed by atoms with Crippen LogP contribution in [0.3, 0.4) is 0 Å². The van der Waals surface area contributed by atoms with E-state index in [-0.39, 0.29) is 5.78 Å². The second-order valence-corrected chi connectivity index (χ2v) is 7.59. The van der Waals surface area contributed by atoms with Crippen LogP contribution in [0.1, 0.15) is 17.3 Å². The number of hydrogen-bond acceptors (Lipinski definition) is 4. The second-order valence-electron chi connectivity index (χ2n) is 4.43. The van der Waals surface area contributed by atoms with E-state index in [0.29, 0.717) is 10.5 Å². The van der Waals surface area contributed by atoms with Gasteiger partial charge < -0.3 is 0 Å². The van der Waals surface area contributed by atoms with Gasteiger partial charge in [0.2, 0.25) is 0 Å². The lowest BCUT2D eigenvalue weighted by Crippen LogP contribution is -1.95. The number of carbonyl (C=O) groups is 1. The van der Waals surface area contributed by atoms with Gasteiger partial charge in [-0.25, -0.2) is 8.42 Å². The fourth-order valence-electron chi connectivity index (χ4n) is 1.65. The molecule has 0 aliphatic rings. The Morgan fingerprint density at radius 3 is 1.75 bits per heavy atom. The summed E-state index contributed by atoms with van der Waals surface area (Å²) in [5.74, 6) is 0.0408. The number of Topliss-reactive ketones (excluding diaryl/α,β-unsaturated/α-hetero) is 1. The molecule has 0 radical (unpaired) electrons. The highest BCUT2D eigenvalue weighted by Gasteiger charge is 2.07. The first-order chi connectivity index (χ1) is 9.36. The molecule has 3 nitrogen and oxygen atoms in total. The molecule has 2 aromatic rings. The lowest BCUT2D eigenvalue weighted by Gasteiger charge is -2.04. The Bertz CT molecular complexity index is 715. The molecule has 0 aliphatic carbocycles. The van der Waals surface area contributed by atoms with Crippen molar-refractivity contribution >= 4 is 27.4 Å². The molecule has 0 unspecified atom stereocenters. The predicted octanol–water partition coefficient (Wildman–Crippen LogP) is 3.44. The van der Waals surface area contributed by atoms with E-state index in [1.807, 2.05) is 12.1 Å². The van der Waals surface area contributed by atoms with Crippen molar-refractivity contribution in [1.82, 2.24) is 0 Å². The van der Waals surface area contributed by atoms with Crippen LogP contribution >= 0.6 is 11.8 Å². The molecule has 5 heteroatoms. The van der Waals surface area contributed by atoms with Crippen molar-refractivity contribution in [1.29, 1.82) is 0 Å². The SMILES string of the molecule is CC(=O)c1ccc(Sc2ccc(S(C)(=O)=O)cc2)cc1. The molecule has 0 saturated carbocycles. The molecule has 0 spiro atoms. The van der Waals surface area contributed by atoms with Gasteiger partial charge in [-0.1, -0.05) is 23.9 Å². The second kappa shape index (κ2) is 5.81. The van der Waals surface area contributed by atoms with Gasteiger partial charge in [-0.3, -0.25) is 4.79 Å². The van der Waals surface area contributed by atoms with Crippen molar-refractivity contribution in [2.75, 3.05) is 6.26 Å². The van der Waals surface area contributed by atoms with Gasteiger partial charge >= 0.3 is 0 Å². The fourth-order valence-corrected chi connectivity index (χ4v) is 3.10. The third-order valence-corrected chi connectivity index (χ3v) is 4.89. The highest BCUT2D eigenvalue weighted by atomic mass is 32.2. The largest absolute Gasteiger partial charge is 0.295 e. The molecule has 0 atom stereocenters. The first kappa shape index (κ1) is 14.8. The van der Waals surface area contributed by atoms with Crippen LogP contribution in [0.5, 0.6) is 0 Å². The summed E-state index contributed by atoms with van der Waals surface area (Å²) in [6.07, 6.45) is 1.19. The molecule has 0 aromatic heterocycles. The Kier molecular flexibility index (Phi) is 4.30. The lowest BCUT2D eigenvalue weighted by atomic mass is 10.2. The summed E-state index contributed by atoms with van der Waals surface area (Å²) in [6, 6.07) is 14.1. The van der Waals surface area contributed by atoms with Crippen molar-refractivity contribution in [2.45, 2.75) is 21.6 Å². The van der Waals surface area contributed by atoms with Gasteiger partial charge in [0.05, 0.1) is 4.90 Å². The Balaban J connectivity index is 2.16. The molecule has 2 aromatic carbocycles. The van der Waals surface area contributed by atoms with Gasteiger partial charge in [0.1, 0.15) is 0 Å². The third kappa shape index (κ3) is 3.71. The maximum absolute atomic E-state index is 11.4. The maximum atomic E-state index is 11.4. The van der Waals surface area contributed by atoms with E-state index in [1.54, 1.807) is 36.4 Å². The molecule has 104 valence electrons. The van der Waals surface area contributed by atoms with E-state index in [2.05, 4.69) is 0 Å². The number of sulfone groups is 1. The van der Waals surface area contributed by atoms with E-state index >= 15 is 0 Å². The third-order valence-electron chi connectivity index (χ3n) is 2.75. The number of ketones is 1. The zero-order valence-corrected chi connectivity index (χ0v) is 12.8. The lowest BCUT2D eigenvalue weighted by molar-refractivity contribution is 0.101. The van der Waals surface area contributed by atoms with E-state index < -0.39 is 9.84 Å². The molecular formula is C15H14O3S2. The van der Waals surface area contributed by atoms with Gasteiger partial charge in [-0.05, 0) is 43.3 Å². The van der Waals surface area contributed by atoms with Gasteiger partial charge in [-0.2, -0.15) is 0 Å². The highest BCUT2D eigenvalue weighted by molar-refractivity contribution is 7.99. The monoisotopic (exact) mass is 306 g/mol. The van der Waals surface area contributed by atoms with Gasteiger partial charge in [0.15, 0.2) is 15.6 Å². The highest BCUT2D eigenvalue weighted by Crippen LogP contribution is 2.28. The first-order valence-corrected chi connectivity index (χ1v) is 8.66. The summed E-state index contributed by atoms with van der Waals surface area (Å²) < 4.78 is 22.7. The quantitative estimate of drug-likeness (QED) is 0.812. The molecule has 0 amide bonds. The summed E-state index contributed by atoms with van der Waals surface area (Å²) in [5.41, 5.74) is 0.682. The Morgan fingerprint density at radius 1 is 0.900 bits per heavy atom. The van der Waals surface area contributed by atoms with Crippen molar-refractivity contribution in [2.24, 2.45) is 0 Å². The molecule has 0 heterocycles. The van der Waals surface area contributed by atoms with Crippen LogP contribution < -0.4 is 0 Å². The molecule has 0 saturated heterocycles. The van der Waals surface area contributed by atoms with Crippen molar-refractivity contribution in [3.05, 3.63) is 54.1 Å². The zero-order valence-electron chi connectivity index (χ0n) is 11.2. The number of carbonyl (C=O) groups excluding carboxylic acids is 1. The average molecular weight is 306 g/mol. The molecule has 2 rings (SSSR count). The summed E-state index contributed by atoms with van der Waals surface area (Å²) in [5, 5.41) is 0. The summed E-state index contributed by atoms with van der Waals surface area (Å²) in [6.45, 7) is 1.53. The number of rotatable bonds is 4. The number of hydrogen-bond donors (Lipinski definition) is 0. The molecule has 0 N–H and O–H groups in total. The maximum Gasteiger partial charge on any atom is 0.175 e. The minimum Gasteiger partial charge on any atom is -0.295 e. The Hall–Kier alpha value is -1.59. The van der Waals surface area contributed by atoms with Crippen LogP contribution in [0, 0.1) is 0 Å². The minimum atomic E-state index is -3.15. The fraction of sp³-hybridized carbons (Fsp3) is 0.133. The normalized spacial score (nSPS) is 11.3. The van der Waals surface area contributed by atoms with Gasteiger partial charge in [0.25, 0.3) is 0 Å². The molecule has 0 aliphatic heterocycles. The van der Waals surface area contributed by atoms with Crippen LogP contribution in [0.2, 0.25) is 0 Å². The van der Waals surface area contributed by atoms with Crippen LogP contribution in [0.15, 0.2) is 63.2 Å². The predicted molar refractivity (Wildman–Crippen MR) is 80.1 cm³/mol. The van der Waals surface area contributed by atoms with E-state index in [4.69, 9.17) is 0 Å². The topological polar surface area (TPSA) is 51.2 Å².